The number of rotatable bonds is 8. The van der Waals surface area contributed by atoms with E-state index in [4.69, 9.17) is 4.99 Å². The first-order valence-corrected chi connectivity index (χ1v) is 11.5. The lowest BCUT2D eigenvalue weighted by Gasteiger charge is -2.29. The molecule has 0 amide bonds. The molecular weight excluding hydrogens is 475 g/mol. The van der Waals surface area contributed by atoms with E-state index in [1.54, 1.807) is 0 Å². The van der Waals surface area contributed by atoms with Crippen LogP contribution in [0.4, 0.5) is 0 Å². The molecule has 1 aliphatic carbocycles. The van der Waals surface area contributed by atoms with Gasteiger partial charge in [-0.1, -0.05) is 33.1 Å². The van der Waals surface area contributed by atoms with Crippen LogP contribution in [0.2, 0.25) is 0 Å². The molecule has 2 aliphatic rings. The molecule has 0 bridgehead atoms. The molecule has 2 N–H and O–H groups in total. The zero-order chi connectivity index (χ0) is 19.8. The van der Waals surface area contributed by atoms with Crippen LogP contribution in [0.15, 0.2) is 4.99 Å². The van der Waals surface area contributed by atoms with Gasteiger partial charge in [0.2, 0.25) is 0 Å². The average molecular weight is 517 g/mol. The molecule has 0 spiro atoms. The number of nitrogens with zero attached hydrogens (tertiary/aromatic N) is 4. The highest BCUT2D eigenvalue weighted by Crippen LogP contribution is 2.43. The summed E-state index contributed by atoms with van der Waals surface area (Å²) in [7, 11) is 0. The predicted octanol–water partition coefficient (Wildman–Crippen LogP) is 4.33. The lowest BCUT2D eigenvalue weighted by atomic mass is 9.78. The standard InChI is InChI=1S/C22H40N6.HI/c1-4-23-21(25-17-22(16-18(2)3)12-7-8-13-22)24-14-11-20-27-26-19-10-6-5-9-15-28(19)20;/h18H,4-17H2,1-3H3,(H2,23,24,25);1H. The number of fused-ring (bicyclic) bond motifs is 1. The Labute approximate surface area is 194 Å². The Morgan fingerprint density at radius 2 is 1.90 bits per heavy atom. The molecule has 0 saturated heterocycles. The third-order valence-corrected chi connectivity index (χ3v) is 6.25. The maximum absolute atomic E-state index is 4.99. The molecule has 0 atom stereocenters. The summed E-state index contributed by atoms with van der Waals surface area (Å²) in [5.74, 6) is 3.98. The summed E-state index contributed by atoms with van der Waals surface area (Å²) in [4.78, 5) is 4.99. The van der Waals surface area contributed by atoms with E-state index in [2.05, 4.69) is 46.2 Å². The number of hydrogen-bond donors (Lipinski definition) is 2. The first kappa shape index (κ1) is 24.4. The van der Waals surface area contributed by atoms with Crippen LogP contribution >= 0.6 is 24.0 Å². The van der Waals surface area contributed by atoms with Crippen LogP contribution in [0, 0.1) is 11.3 Å². The van der Waals surface area contributed by atoms with Gasteiger partial charge in [0.15, 0.2) is 5.96 Å². The summed E-state index contributed by atoms with van der Waals surface area (Å²) in [6.45, 7) is 10.6. The van der Waals surface area contributed by atoms with Gasteiger partial charge >= 0.3 is 0 Å². The number of halogens is 1. The molecule has 1 aromatic heterocycles. The van der Waals surface area contributed by atoms with Gasteiger partial charge in [0.25, 0.3) is 0 Å². The van der Waals surface area contributed by atoms with Crippen molar-refractivity contribution in [3.8, 4) is 0 Å². The molecule has 29 heavy (non-hydrogen) atoms. The number of aliphatic imine (C=N–C) groups is 1. The highest BCUT2D eigenvalue weighted by Gasteiger charge is 2.34. The molecule has 166 valence electrons. The summed E-state index contributed by atoms with van der Waals surface area (Å²) in [5.41, 5.74) is 0.418. The van der Waals surface area contributed by atoms with Gasteiger partial charge < -0.3 is 15.2 Å². The van der Waals surface area contributed by atoms with E-state index in [9.17, 15) is 0 Å². The number of nitrogens with one attached hydrogen (secondary N) is 2. The predicted molar refractivity (Wildman–Crippen MR) is 131 cm³/mol. The van der Waals surface area contributed by atoms with Gasteiger partial charge in [-0.25, -0.2) is 0 Å². The lowest BCUT2D eigenvalue weighted by molar-refractivity contribution is 0.245. The second-order valence-electron chi connectivity index (χ2n) is 9.17. The van der Waals surface area contributed by atoms with Crippen molar-refractivity contribution >= 4 is 29.9 Å². The number of guanidine groups is 1. The largest absolute Gasteiger partial charge is 0.357 e. The van der Waals surface area contributed by atoms with Crippen LogP contribution in [0.5, 0.6) is 0 Å². The molecule has 7 heteroatoms. The summed E-state index contributed by atoms with van der Waals surface area (Å²) < 4.78 is 2.34. The van der Waals surface area contributed by atoms with Crippen molar-refractivity contribution in [2.24, 2.45) is 16.3 Å². The molecule has 2 heterocycles. The van der Waals surface area contributed by atoms with Crippen molar-refractivity contribution in [3.05, 3.63) is 11.6 Å². The van der Waals surface area contributed by atoms with Crippen LogP contribution in [0.25, 0.3) is 0 Å². The van der Waals surface area contributed by atoms with Crippen molar-refractivity contribution in [2.75, 3.05) is 19.6 Å². The quantitative estimate of drug-likeness (QED) is 0.307. The molecule has 1 saturated carbocycles. The van der Waals surface area contributed by atoms with Gasteiger partial charge in [0.05, 0.1) is 0 Å². The zero-order valence-electron chi connectivity index (χ0n) is 18.7. The van der Waals surface area contributed by atoms with E-state index < -0.39 is 0 Å². The normalized spacial score (nSPS) is 18.8. The van der Waals surface area contributed by atoms with Crippen LogP contribution in [0.3, 0.4) is 0 Å². The van der Waals surface area contributed by atoms with Crippen molar-refractivity contribution in [1.29, 1.82) is 0 Å². The molecule has 1 aromatic rings. The molecule has 0 aromatic carbocycles. The Morgan fingerprint density at radius 3 is 2.62 bits per heavy atom. The van der Waals surface area contributed by atoms with E-state index in [1.807, 2.05) is 0 Å². The van der Waals surface area contributed by atoms with Gasteiger partial charge in [-0.05, 0) is 50.4 Å². The van der Waals surface area contributed by atoms with Crippen LogP contribution in [-0.2, 0) is 19.4 Å². The minimum Gasteiger partial charge on any atom is -0.357 e. The lowest BCUT2D eigenvalue weighted by Crippen LogP contribution is -2.39. The van der Waals surface area contributed by atoms with Gasteiger partial charge in [-0.2, -0.15) is 0 Å². The monoisotopic (exact) mass is 516 g/mol. The van der Waals surface area contributed by atoms with E-state index in [1.165, 1.54) is 57.2 Å². The van der Waals surface area contributed by atoms with E-state index in [0.717, 1.165) is 56.7 Å². The number of aryl methyl sites for hydroxylation is 1. The third-order valence-electron chi connectivity index (χ3n) is 6.25. The number of hydrogen-bond acceptors (Lipinski definition) is 3. The van der Waals surface area contributed by atoms with Crippen LogP contribution in [-0.4, -0.2) is 40.4 Å². The summed E-state index contributed by atoms with van der Waals surface area (Å²) in [5, 5.41) is 15.8. The highest BCUT2D eigenvalue weighted by molar-refractivity contribution is 14.0. The Bertz CT molecular complexity index is 633. The van der Waals surface area contributed by atoms with Crippen molar-refractivity contribution in [2.45, 2.75) is 91.5 Å². The second-order valence-corrected chi connectivity index (χ2v) is 9.17. The van der Waals surface area contributed by atoms with Crippen molar-refractivity contribution < 1.29 is 0 Å². The molecule has 1 fully saturated rings. The SMILES string of the molecule is CCNC(=NCC1(CC(C)C)CCCC1)NCCc1nnc2n1CCCCC2.I. The smallest absolute Gasteiger partial charge is 0.191 e. The molecule has 0 radical (unpaired) electrons. The Kier molecular flexibility index (Phi) is 10.2. The van der Waals surface area contributed by atoms with Gasteiger partial charge in [0, 0.05) is 39.0 Å². The maximum atomic E-state index is 4.99. The Hall–Kier alpha value is -0.860. The van der Waals surface area contributed by atoms with Crippen LogP contribution < -0.4 is 10.6 Å². The number of aromatic nitrogens is 3. The third kappa shape index (κ3) is 7.10. The topological polar surface area (TPSA) is 67.1 Å². The van der Waals surface area contributed by atoms with Crippen LogP contribution in [0.1, 0.15) is 83.8 Å². The highest BCUT2D eigenvalue weighted by atomic mass is 127. The molecule has 6 nitrogen and oxygen atoms in total. The second kappa shape index (κ2) is 12.1. The Balaban J connectivity index is 0.00000300. The molecule has 3 rings (SSSR count). The fourth-order valence-corrected chi connectivity index (χ4v) is 5.03. The molecular formula is C22H41IN6. The van der Waals surface area contributed by atoms with E-state index in [0.29, 0.717) is 5.41 Å². The zero-order valence-corrected chi connectivity index (χ0v) is 21.0. The summed E-state index contributed by atoms with van der Waals surface area (Å²) in [6, 6.07) is 0. The minimum atomic E-state index is 0. The maximum Gasteiger partial charge on any atom is 0.191 e. The first-order valence-electron chi connectivity index (χ1n) is 11.5. The average Bonchev–Trinajstić information content (AvgIpc) is 3.20. The fourth-order valence-electron chi connectivity index (χ4n) is 5.03. The van der Waals surface area contributed by atoms with E-state index in [-0.39, 0.29) is 24.0 Å². The Morgan fingerprint density at radius 1 is 1.10 bits per heavy atom. The summed E-state index contributed by atoms with van der Waals surface area (Å²) >= 11 is 0. The van der Waals surface area contributed by atoms with Gasteiger partial charge in [-0.3, -0.25) is 4.99 Å². The minimum absolute atomic E-state index is 0. The van der Waals surface area contributed by atoms with Gasteiger partial charge in [0.1, 0.15) is 11.6 Å². The fraction of sp³-hybridized carbons (Fsp3) is 0.864. The van der Waals surface area contributed by atoms with E-state index >= 15 is 0 Å². The molecule has 1 aliphatic heterocycles. The van der Waals surface area contributed by atoms with Gasteiger partial charge in [-0.15, -0.1) is 34.2 Å². The summed E-state index contributed by atoms with van der Waals surface area (Å²) in [6.07, 6.45) is 12.4. The molecule has 0 unspecified atom stereocenters. The van der Waals surface area contributed by atoms with Crippen molar-refractivity contribution in [1.82, 2.24) is 25.4 Å². The first-order chi connectivity index (χ1) is 13.6. The van der Waals surface area contributed by atoms with Crippen molar-refractivity contribution in [3.63, 3.8) is 0 Å².